The first-order chi connectivity index (χ1) is 11.8. The van der Waals surface area contributed by atoms with Gasteiger partial charge in [0.25, 0.3) is 0 Å². The maximum absolute atomic E-state index is 12.7. The molecule has 1 saturated carbocycles. The van der Waals surface area contributed by atoms with Crippen LogP contribution in [0.15, 0.2) is 10.9 Å². The van der Waals surface area contributed by atoms with Gasteiger partial charge in [-0.15, -0.1) is 0 Å². The van der Waals surface area contributed by atoms with Crippen LogP contribution >= 0.6 is 0 Å². The van der Waals surface area contributed by atoms with E-state index in [2.05, 4.69) is 4.98 Å². The molecule has 7 nitrogen and oxygen atoms in total. The molecule has 2 heterocycles. The average molecular weight is 347 g/mol. The van der Waals surface area contributed by atoms with Crippen molar-refractivity contribution in [2.24, 2.45) is 11.3 Å². The summed E-state index contributed by atoms with van der Waals surface area (Å²) in [4.78, 5) is 42.2. The minimum absolute atomic E-state index is 0.0862. The van der Waals surface area contributed by atoms with Crippen LogP contribution in [0.2, 0.25) is 0 Å². The summed E-state index contributed by atoms with van der Waals surface area (Å²) in [5.41, 5.74) is 0.0369. The van der Waals surface area contributed by atoms with Crippen molar-refractivity contribution < 1.29 is 14.7 Å². The highest BCUT2D eigenvalue weighted by Crippen LogP contribution is 2.44. The van der Waals surface area contributed by atoms with Crippen LogP contribution in [0.25, 0.3) is 0 Å². The Morgan fingerprint density at radius 3 is 2.68 bits per heavy atom. The standard InChI is InChI=1S/C18H25N3O4/c1-12-8-13(2)21(17(25)19-12)10-15(22)20-7-3-6-18(11-20,16(23)24)9-14-4-5-14/h8,14H,3-7,9-11H2,1-2H3,(H,23,24)/t18-/m1/s1. The Hall–Kier alpha value is -2.18. The number of amides is 1. The average Bonchev–Trinajstić information content (AvgIpc) is 3.34. The van der Waals surface area contributed by atoms with Crippen LogP contribution in [0.5, 0.6) is 0 Å². The van der Waals surface area contributed by atoms with E-state index in [0.717, 1.165) is 12.8 Å². The maximum Gasteiger partial charge on any atom is 0.348 e. The van der Waals surface area contributed by atoms with Crippen LogP contribution in [-0.2, 0) is 16.1 Å². The van der Waals surface area contributed by atoms with Gasteiger partial charge in [-0.1, -0.05) is 12.8 Å². The molecular weight excluding hydrogens is 322 g/mol. The predicted molar refractivity (Wildman–Crippen MR) is 91.2 cm³/mol. The molecule has 2 fully saturated rings. The molecule has 1 N–H and O–H groups in total. The third kappa shape index (κ3) is 3.75. The Labute approximate surface area is 146 Å². The summed E-state index contributed by atoms with van der Waals surface area (Å²) < 4.78 is 1.35. The van der Waals surface area contributed by atoms with Gasteiger partial charge in [-0.2, -0.15) is 4.98 Å². The van der Waals surface area contributed by atoms with Crippen LogP contribution in [0.3, 0.4) is 0 Å². The molecule has 1 aromatic heterocycles. The Morgan fingerprint density at radius 2 is 2.08 bits per heavy atom. The van der Waals surface area contributed by atoms with Crippen molar-refractivity contribution in [3.8, 4) is 0 Å². The van der Waals surface area contributed by atoms with Crippen molar-refractivity contribution in [3.63, 3.8) is 0 Å². The lowest BCUT2D eigenvalue weighted by atomic mass is 9.75. The van der Waals surface area contributed by atoms with Gasteiger partial charge < -0.3 is 10.0 Å². The summed E-state index contributed by atoms with van der Waals surface area (Å²) in [5, 5.41) is 9.77. The Kier molecular flexibility index (Phi) is 4.67. The quantitative estimate of drug-likeness (QED) is 0.868. The molecule has 25 heavy (non-hydrogen) atoms. The van der Waals surface area contributed by atoms with Gasteiger partial charge in [0.1, 0.15) is 6.54 Å². The number of rotatable bonds is 5. The zero-order valence-corrected chi connectivity index (χ0v) is 14.8. The van der Waals surface area contributed by atoms with E-state index in [1.54, 1.807) is 24.8 Å². The van der Waals surface area contributed by atoms with Crippen LogP contribution in [0.4, 0.5) is 0 Å². The van der Waals surface area contributed by atoms with E-state index in [1.165, 1.54) is 4.57 Å². The van der Waals surface area contributed by atoms with Gasteiger partial charge >= 0.3 is 11.7 Å². The van der Waals surface area contributed by atoms with Gasteiger partial charge in [0.2, 0.25) is 5.91 Å². The second kappa shape index (κ2) is 6.61. The number of aromatic nitrogens is 2. The molecule has 1 atom stereocenters. The number of carboxylic acid groups (broad SMARTS) is 1. The molecule has 0 radical (unpaired) electrons. The highest BCUT2D eigenvalue weighted by Gasteiger charge is 2.46. The number of hydrogen-bond acceptors (Lipinski definition) is 4. The van der Waals surface area contributed by atoms with Gasteiger partial charge in [0, 0.05) is 24.5 Å². The Balaban J connectivity index is 1.76. The first-order valence-electron chi connectivity index (χ1n) is 8.87. The van der Waals surface area contributed by atoms with Gasteiger partial charge in [0.05, 0.1) is 5.41 Å². The monoisotopic (exact) mass is 347 g/mol. The number of carbonyl (C=O) groups excluding carboxylic acids is 1. The molecule has 1 aliphatic heterocycles. The highest BCUT2D eigenvalue weighted by molar-refractivity contribution is 5.79. The smallest absolute Gasteiger partial charge is 0.348 e. The summed E-state index contributed by atoms with van der Waals surface area (Å²) >= 11 is 0. The fourth-order valence-corrected chi connectivity index (χ4v) is 3.85. The van der Waals surface area contributed by atoms with Crippen molar-refractivity contribution in [1.29, 1.82) is 0 Å². The second-order valence-electron chi connectivity index (χ2n) is 7.56. The number of hydrogen-bond donors (Lipinski definition) is 1. The lowest BCUT2D eigenvalue weighted by molar-refractivity contribution is -0.156. The fraction of sp³-hybridized carbons (Fsp3) is 0.667. The topological polar surface area (TPSA) is 92.5 Å². The van der Waals surface area contributed by atoms with Crippen LogP contribution in [0, 0.1) is 25.2 Å². The molecule has 0 spiro atoms. The zero-order valence-electron chi connectivity index (χ0n) is 14.8. The first kappa shape index (κ1) is 17.6. The number of carboxylic acids is 1. The molecule has 1 saturated heterocycles. The lowest BCUT2D eigenvalue weighted by Gasteiger charge is -2.40. The van der Waals surface area contributed by atoms with Gasteiger partial charge in [0.15, 0.2) is 0 Å². The molecule has 136 valence electrons. The van der Waals surface area contributed by atoms with Crippen molar-refractivity contribution in [2.75, 3.05) is 13.1 Å². The SMILES string of the molecule is Cc1cc(C)n(CC(=O)N2CCC[C@](CC3CC3)(C(=O)O)C2)c(=O)n1. The van der Waals surface area contributed by atoms with E-state index in [1.807, 2.05) is 0 Å². The minimum atomic E-state index is -0.833. The van der Waals surface area contributed by atoms with Gasteiger partial charge in [-0.3, -0.25) is 14.2 Å². The maximum atomic E-state index is 12.7. The molecule has 2 aliphatic rings. The summed E-state index contributed by atoms with van der Waals surface area (Å²) in [7, 11) is 0. The molecule has 1 amide bonds. The van der Waals surface area contributed by atoms with E-state index in [0.29, 0.717) is 43.1 Å². The number of carbonyl (C=O) groups is 2. The summed E-state index contributed by atoms with van der Waals surface area (Å²) in [6.07, 6.45) is 4.13. The van der Waals surface area contributed by atoms with E-state index in [4.69, 9.17) is 0 Å². The van der Waals surface area contributed by atoms with Crippen molar-refractivity contribution in [2.45, 2.75) is 52.5 Å². The van der Waals surface area contributed by atoms with Gasteiger partial charge in [-0.05, 0) is 45.1 Å². The minimum Gasteiger partial charge on any atom is -0.481 e. The van der Waals surface area contributed by atoms with E-state index >= 15 is 0 Å². The summed E-state index contributed by atoms with van der Waals surface area (Å²) in [5.74, 6) is -0.531. The van der Waals surface area contributed by atoms with Crippen LogP contribution in [-0.4, -0.2) is 44.5 Å². The molecule has 3 rings (SSSR count). The summed E-state index contributed by atoms with van der Waals surface area (Å²) in [6, 6.07) is 1.76. The van der Waals surface area contributed by atoms with Crippen LogP contribution in [0.1, 0.15) is 43.5 Å². The van der Waals surface area contributed by atoms with Crippen LogP contribution < -0.4 is 5.69 Å². The molecule has 0 bridgehead atoms. The number of aryl methyl sites for hydroxylation is 2. The third-order valence-electron chi connectivity index (χ3n) is 5.40. The van der Waals surface area contributed by atoms with Crippen molar-refractivity contribution in [1.82, 2.24) is 14.5 Å². The largest absolute Gasteiger partial charge is 0.481 e. The van der Waals surface area contributed by atoms with E-state index in [9.17, 15) is 19.5 Å². The molecule has 1 aliphatic carbocycles. The number of aliphatic carboxylic acids is 1. The highest BCUT2D eigenvalue weighted by atomic mass is 16.4. The Morgan fingerprint density at radius 1 is 1.36 bits per heavy atom. The van der Waals surface area contributed by atoms with Crippen molar-refractivity contribution in [3.05, 3.63) is 27.9 Å². The molecular formula is C18H25N3O4. The second-order valence-corrected chi connectivity index (χ2v) is 7.56. The lowest BCUT2D eigenvalue weighted by Crippen LogP contribution is -2.51. The normalized spacial score (nSPS) is 23.5. The fourth-order valence-electron chi connectivity index (χ4n) is 3.85. The number of nitrogens with zero attached hydrogens (tertiary/aromatic N) is 3. The van der Waals surface area contributed by atoms with Crippen molar-refractivity contribution >= 4 is 11.9 Å². The Bertz CT molecular complexity index is 753. The zero-order chi connectivity index (χ0) is 18.2. The molecule has 0 aromatic carbocycles. The van der Waals surface area contributed by atoms with E-state index in [-0.39, 0.29) is 19.0 Å². The summed E-state index contributed by atoms with van der Waals surface area (Å²) in [6.45, 7) is 4.21. The van der Waals surface area contributed by atoms with E-state index < -0.39 is 17.1 Å². The number of piperidine rings is 1. The predicted octanol–water partition coefficient (Wildman–Crippen LogP) is 1.35. The molecule has 1 aromatic rings. The molecule has 7 heteroatoms. The van der Waals surface area contributed by atoms with Gasteiger partial charge in [-0.25, -0.2) is 4.79 Å². The first-order valence-corrected chi connectivity index (χ1v) is 8.87. The number of likely N-dealkylation sites (tertiary alicyclic amines) is 1. The molecule has 0 unspecified atom stereocenters. The third-order valence-corrected chi connectivity index (χ3v) is 5.40.